The van der Waals surface area contributed by atoms with Crippen molar-refractivity contribution in [1.29, 1.82) is 5.26 Å². The SMILES string of the molecule is COc1ccc(NC(=O)CSc2cc(C)c(C#N)c3nc4ccccc4n23)cc1Cl. The molecule has 0 saturated carbocycles. The Kier molecular flexibility index (Phi) is 5.53. The van der Waals surface area contributed by atoms with Gasteiger partial charge < -0.3 is 10.1 Å². The summed E-state index contributed by atoms with van der Waals surface area (Å²) in [7, 11) is 1.54. The van der Waals surface area contributed by atoms with Crippen LogP contribution in [-0.2, 0) is 4.79 Å². The van der Waals surface area contributed by atoms with E-state index < -0.39 is 0 Å². The third-order valence-corrected chi connectivity index (χ3v) is 5.94. The molecule has 0 bridgehead atoms. The van der Waals surface area contributed by atoms with E-state index in [9.17, 15) is 10.1 Å². The maximum Gasteiger partial charge on any atom is 0.234 e. The highest BCUT2D eigenvalue weighted by Gasteiger charge is 2.16. The largest absolute Gasteiger partial charge is 0.495 e. The maximum absolute atomic E-state index is 12.5. The number of amides is 1. The van der Waals surface area contributed by atoms with Crippen molar-refractivity contribution in [2.45, 2.75) is 11.9 Å². The molecule has 0 unspecified atom stereocenters. The van der Waals surface area contributed by atoms with E-state index in [-0.39, 0.29) is 11.7 Å². The summed E-state index contributed by atoms with van der Waals surface area (Å²) >= 11 is 7.51. The van der Waals surface area contributed by atoms with Crippen LogP contribution in [0.15, 0.2) is 53.6 Å². The zero-order valence-corrected chi connectivity index (χ0v) is 17.8. The van der Waals surface area contributed by atoms with Crippen molar-refractivity contribution in [3.63, 3.8) is 0 Å². The molecule has 0 aliphatic carbocycles. The molecule has 0 spiro atoms. The molecule has 0 fully saturated rings. The van der Waals surface area contributed by atoms with Crippen molar-refractivity contribution in [1.82, 2.24) is 9.38 Å². The summed E-state index contributed by atoms with van der Waals surface area (Å²) in [5.41, 5.74) is 4.26. The van der Waals surface area contributed by atoms with Gasteiger partial charge >= 0.3 is 0 Å². The number of hydrogen-bond acceptors (Lipinski definition) is 5. The standard InChI is InChI=1S/C22H17ClN4O2S/c1-13-9-21(27-18-6-4-3-5-17(18)26-22(27)15(13)11-24)30-12-20(28)25-14-7-8-19(29-2)16(23)10-14/h3-10H,12H2,1-2H3,(H,25,28). The molecular weight excluding hydrogens is 420 g/mol. The molecule has 4 rings (SSSR count). The van der Waals surface area contributed by atoms with Crippen LogP contribution >= 0.6 is 23.4 Å². The molecule has 2 aromatic carbocycles. The summed E-state index contributed by atoms with van der Waals surface area (Å²) in [4.78, 5) is 17.1. The van der Waals surface area contributed by atoms with Gasteiger partial charge in [0, 0.05) is 5.69 Å². The van der Waals surface area contributed by atoms with E-state index in [1.54, 1.807) is 18.2 Å². The topological polar surface area (TPSA) is 79.4 Å². The van der Waals surface area contributed by atoms with Gasteiger partial charge in [0.05, 0.1) is 39.5 Å². The fourth-order valence-corrected chi connectivity index (χ4v) is 4.42. The summed E-state index contributed by atoms with van der Waals surface area (Å²) in [5, 5.41) is 13.7. The number of carbonyl (C=O) groups is 1. The molecule has 6 nitrogen and oxygen atoms in total. The number of methoxy groups -OCH3 is 1. The van der Waals surface area contributed by atoms with Crippen molar-refractivity contribution >= 4 is 51.6 Å². The molecule has 4 aromatic rings. The lowest BCUT2D eigenvalue weighted by atomic mass is 10.2. The van der Waals surface area contributed by atoms with E-state index in [1.165, 1.54) is 18.9 Å². The molecule has 8 heteroatoms. The van der Waals surface area contributed by atoms with E-state index in [0.717, 1.165) is 21.6 Å². The van der Waals surface area contributed by atoms with Crippen molar-refractivity contribution < 1.29 is 9.53 Å². The van der Waals surface area contributed by atoms with Gasteiger partial charge in [-0.3, -0.25) is 9.20 Å². The number of rotatable bonds is 5. The number of nitriles is 1. The van der Waals surface area contributed by atoms with Crippen LogP contribution in [-0.4, -0.2) is 28.2 Å². The first-order valence-electron chi connectivity index (χ1n) is 9.09. The Balaban J connectivity index is 1.62. The van der Waals surface area contributed by atoms with Crippen molar-refractivity contribution in [3.8, 4) is 11.8 Å². The molecule has 0 radical (unpaired) electrons. The van der Waals surface area contributed by atoms with Gasteiger partial charge in [-0.05, 0) is 48.9 Å². The Hall–Kier alpha value is -3.21. The summed E-state index contributed by atoms with van der Waals surface area (Å²) in [6, 6.07) is 17.0. The van der Waals surface area contributed by atoms with Gasteiger partial charge in [0.2, 0.25) is 5.91 Å². The number of ether oxygens (including phenoxy) is 1. The second-order valence-electron chi connectivity index (χ2n) is 6.60. The van der Waals surface area contributed by atoms with Crippen LogP contribution < -0.4 is 10.1 Å². The van der Waals surface area contributed by atoms with Crippen LogP contribution in [0.1, 0.15) is 11.1 Å². The van der Waals surface area contributed by atoms with Crippen LogP contribution in [0.5, 0.6) is 5.75 Å². The third-order valence-electron chi connectivity index (χ3n) is 4.64. The van der Waals surface area contributed by atoms with Crippen LogP contribution in [0.2, 0.25) is 5.02 Å². The molecule has 1 amide bonds. The first-order chi connectivity index (χ1) is 14.5. The van der Waals surface area contributed by atoms with Gasteiger partial charge in [-0.25, -0.2) is 4.98 Å². The first kappa shape index (κ1) is 20.1. The van der Waals surface area contributed by atoms with E-state index >= 15 is 0 Å². The lowest BCUT2D eigenvalue weighted by Gasteiger charge is -2.11. The number of fused-ring (bicyclic) bond motifs is 3. The Morgan fingerprint density at radius 3 is 2.83 bits per heavy atom. The zero-order valence-electron chi connectivity index (χ0n) is 16.3. The predicted octanol–water partition coefficient (Wildman–Crippen LogP) is 5.06. The molecule has 0 aliphatic heterocycles. The van der Waals surface area contributed by atoms with Crippen LogP contribution in [0.4, 0.5) is 5.69 Å². The van der Waals surface area contributed by atoms with Gasteiger partial charge in [-0.15, -0.1) is 0 Å². The number of imidazole rings is 1. The van der Waals surface area contributed by atoms with Crippen LogP contribution in [0.25, 0.3) is 16.7 Å². The monoisotopic (exact) mass is 436 g/mol. The van der Waals surface area contributed by atoms with Crippen molar-refractivity contribution in [2.75, 3.05) is 18.2 Å². The van der Waals surface area contributed by atoms with Gasteiger partial charge in [-0.1, -0.05) is 35.5 Å². The lowest BCUT2D eigenvalue weighted by Crippen LogP contribution is -2.14. The van der Waals surface area contributed by atoms with Crippen LogP contribution in [0.3, 0.4) is 0 Å². The summed E-state index contributed by atoms with van der Waals surface area (Å²) in [5.74, 6) is 0.573. The minimum atomic E-state index is -0.166. The first-order valence-corrected chi connectivity index (χ1v) is 10.4. The Morgan fingerprint density at radius 2 is 2.10 bits per heavy atom. The minimum absolute atomic E-state index is 0.166. The molecule has 0 aliphatic rings. The number of carbonyl (C=O) groups excluding carboxylic acids is 1. The highest BCUT2D eigenvalue weighted by atomic mass is 35.5. The number of anilines is 1. The molecule has 2 heterocycles. The van der Waals surface area contributed by atoms with E-state index in [4.69, 9.17) is 16.3 Å². The average molecular weight is 437 g/mol. The van der Waals surface area contributed by atoms with Crippen molar-refractivity contribution in [3.05, 3.63) is 64.7 Å². The molecule has 0 atom stereocenters. The fourth-order valence-electron chi connectivity index (χ4n) is 3.24. The fraction of sp³-hybridized carbons (Fsp3) is 0.136. The Morgan fingerprint density at radius 1 is 1.30 bits per heavy atom. The summed E-state index contributed by atoms with van der Waals surface area (Å²) in [6.45, 7) is 1.88. The lowest BCUT2D eigenvalue weighted by molar-refractivity contribution is -0.113. The summed E-state index contributed by atoms with van der Waals surface area (Å²) < 4.78 is 7.06. The molecule has 2 aromatic heterocycles. The predicted molar refractivity (Wildman–Crippen MR) is 120 cm³/mol. The number of benzene rings is 2. The van der Waals surface area contributed by atoms with Gasteiger partial charge in [0.1, 0.15) is 11.8 Å². The smallest absolute Gasteiger partial charge is 0.234 e. The normalized spacial score (nSPS) is 10.9. The number of thioether (sulfide) groups is 1. The Bertz CT molecular complexity index is 1330. The molecular formula is C22H17ClN4O2S. The number of para-hydroxylation sites is 2. The van der Waals surface area contributed by atoms with Crippen LogP contribution in [0, 0.1) is 18.3 Å². The number of pyridine rings is 1. The minimum Gasteiger partial charge on any atom is -0.495 e. The zero-order chi connectivity index (χ0) is 21.3. The quantitative estimate of drug-likeness (QED) is 0.442. The van der Waals surface area contributed by atoms with Crippen molar-refractivity contribution in [2.24, 2.45) is 0 Å². The number of nitrogens with zero attached hydrogens (tertiary/aromatic N) is 3. The van der Waals surface area contributed by atoms with E-state index in [1.807, 2.05) is 41.7 Å². The number of halogens is 1. The maximum atomic E-state index is 12.5. The van der Waals surface area contributed by atoms with Gasteiger partial charge in [0.25, 0.3) is 0 Å². The summed E-state index contributed by atoms with van der Waals surface area (Å²) in [6.07, 6.45) is 0. The second-order valence-corrected chi connectivity index (χ2v) is 8.00. The molecule has 150 valence electrons. The molecule has 1 N–H and O–H groups in total. The second kappa shape index (κ2) is 8.27. The number of aryl methyl sites for hydroxylation is 1. The van der Waals surface area contributed by atoms with E-state index in [0.29, 0.717) is 27.7 Å². The highest BCUT2D eigenvalue weighted by molar-refractivity contribution is 7.99. The number of hydrogen-bond donors (Lipinski definition) is 1. The number of aromatic nitrogens is 2. The Labute approximate surface area is 182 Å². The van der Waals surface area contributed by atoms with Gasteiger partial charge in [0.15, 0.2) is 5.65 Å². The molecule has 0 saturated heterocycles. The third kappa shape index (κ3) is 3.67. The van der Waals surface area contributed by atoms with Gasteiger partial charge in [-0.2, -0.15) is 5.26 Å². The number of nitrogens with one attached hydrogen (secondary N) is 1. The van der Waals surface area contributed by atoms with E-state index in [2.05, 4.69) is 16.4 Å². The molecule has 30 heavy (non-hydrogen) atoms. The average Bonchev–Trinajstić information content (AvgIpc) is 3.11. The highest BCUT2D eigenvalue weighted by Crippen LogP contribution is 2.30.